The summed E-state index contributed by atoms with van der Waals surface area (Å²) >= 11 is 1.94. The maximum absolute atomic E-state index is 11.1. The maximum atomic E-state index is 11.1. The number of ketones is 1. The van der Waals surface area contributed by atoms with E-state index in [1.165, 1.54) is 25.0 Å². The molecule has 0 spiro atoms. The molecule has 0 N–H and O–H groups in total. The first-order valence-electron chi connectivity index (χ1n) is 7.55. The van der Waals surface area contributed by atoms with E-state index in [0.717, 1.165) is 23.7 Å². The molecule has 0 heterocycles. The largest absolute Gasteiger partial charge is 0.493 e. The Morgan fingerprint density at radius 3 is 2.24 bits per heavy atom. The van der Waals surface area contributed by atoms with Crippen molar-refractivity contribution in [2.75, 3.05) is 18.1 Å². The molecule has 0 atom stereocenters. The molecular formula is C18H32O2S. The Balaban J connectivity index is 0. The Morgan fingerprint density at radius 1 is 1.10 bits per heavy atom. The van der Waals surface area contributed by atoms with E-state index >= 15 is 0 Å². The summed E-state index contributed by atoms with van der Waals surface area (Å²) in [6.45, 7) is 8.53. The summed E-state index contributed by atoms with van der Waals surface area (Å²) in [4.78, 5) is 11.1. The Hall–Kier alpha value is -0.960. The third-order valence-corrected chi connectivity index (χ3v) is 3.68. The molecule has 0 aliphatic carbocycles. The van der Waals surface area contributed by atoms with Crippen LogP contribution in [0.4, 0.5) is 0 Å². The number of carbonyl (C=O) groups excluding carboxylic acids is 1. The van der Waals surface area contributed by atoms with Gasteiger partial charge in [-0.1, -0.05) is 41.0 Å². The van der Waals surface area contributed by atoms with Crippen molar-refractivity contribution in [2.24, 2.45) is 0 Å². The van der Waals surface area contributed by atoms with Crippen LogP contribution in [0.2, 0.25) is 0 Å². The van der Waals surface area contributed by atoms with Crippen molar-refractivity contribution in [1.29, 1.82) is 0 Å². The van der Waals surface area contributed by atoms with Crippen LogP contribution in [0.3, 0.4) is 0 Å². The second-order valence-corrected chi connectivity index (χ2v) is 5.47. The lowest BCUT2D eigenvalue weighted by molar-refractivity contribution is 0.101. The van der Waals surface area contributed by atoms with Gasteiger partial charge in [0.2, 0.25) is 0 Å². The number of hydrogen-bond donors (Lipinski definition) is 0. The highest BCUT2D eigenvalue weighted by Gasteiger charge is 1.99. The summed E-state index contributed by atoms with van der Waals surface area (Å²) < 4.78 is 5.62. The van der Waals surface area contributed by atoms with Gasteiger partial charge < -0.3 is 4.74 Å². The fourth-order valence-corrected chi connectivity index (χ4v) is 2.37. The van der Waals surface area contributed by atoms with Crippen LogP contribution in [0.15, 0.2) is 24.3 Å². The van der Waals surface area contributed by atoms with E-state index in [1.54, 1.807) is 6.92 Å². The van der Waals surface area contributed by atoms with Gasteiger partial charge in [-0.3, -0.25) is 4.79 Å². The van der Waals surface area contributed by atoms with Crippen LogP contribution < -0.4 is 4.74 Å². The lowest BCUT2D eigenvalue weighted by Gasteiger charge is -2.06. The first-order valence-corrected chi connectivity index (χ1v) is 8.71. The minimum atomic E-state index is 0. The Bertz CT molecular complexity index is 347. The fraction of sp³-hybridized carbons (Fsp3) is 0.611. The summed E-state index contributed by atoms with van der Waals surface area (Å²) in [5, 5.41) is 0. The van der Waals surface area contributed by atoms with Crippen molar-refractivity contribution >= 4 is 17.5 Å². The summed E-state index contributed by atoms with van der Waals surface area (Å²) in [6.07, 6.45) is 3.90. The Morgan fingerprint density at radius 2 is 1.71 bits per heavy atom. The van der Waals surface area contributed by atoms with Crippen molar-refractivity contribution in [2.45, 2.75) is 54.4 Å². The monoisotopic (exact) mass is 312 g/mol. The Kier molecular flexibility index (Phi) is 16.4. The van der Waals surface area contributed by atoms with Crippen LogP contribution in [0.1, 0.15) is 64.7 Å². The number of unbranched alkanes of at least 4 members (excludes halogenated alkanes) is 2. The van der Waals surface area contributed by atoms with Gasteiger partial charge in [0.25, 0.3) is 0 Å². The second-order valence-electron chi connectivity index (χ2n) is 4.25. The molecule has 122 valence electrons. The van der Waals surface area contributed by atoms with Crippen molar-refractivity contribution < 1.29 is 9.53 Å². The lowest BCUT2D eigenvalue weighted by atomic mass is 10.1. The lowest BCUT2D eigenvalue weighted by Crippen LogP contribution is -2.01. The molecule has 1 aromatic carbocycles. The average molecular weight is 313 g/mol. The van der Waals surface area contributed by atoms with Crippen molar-refractivity contribution in [3.63, 3.8) is 0 Å². The van der Waals surface area contributed by atoms with E-state index < -0.39 is 0 Å². The van der Waals surface area contributed by atoms with Gasteiger partial charge in [-0.2, -0.15) is 11.8 Å². The number of carbonyl (C=O) groups is 1. The van der Waals surface area contributed by atoms with E-state index in [0.29, 0.717) is 0 Å². The number of hydrogen-bond acceptors (Lipinski definition) is 3. The first kappa shape index (κ1) is 22.3. The van der Waals surface area contributed by atoms with Crippen LogP contribution in [0, 0.1) is 0 Å². The van der Waals surface area contributed by atoms with Crippen molar-refractivity contribution in [3.05, 3.63) is 29.8 Å². The van der Waals surface area contributed by atoms with Crippen molar-refractivity contribution in [3.8, 4) is 5.75 Å². The minimum absolute atomic E-state index is 0. The summed E-state index contributed by atoms with van der Waals surface area (Å²) in [7, 11) is 0. The molecule has 1 aromatic rings. The smallest absolute Gasteiger partial charge is 0.159 e. The molecule has 21 heavy (non-hydrogen) atoms. The maximum Gasteiger partial charge on any atom is 0.159 e. The first-order chi connectivity index (χ1) is 9.74. The van der Waals surface area contributed by atoms with E-state index in [9.17, 15) is 4.79 Å². The molecule has 2 nitrogen and oxygen atoms in total. The van der Waals surface area contributed by atoms with Crippen LogP contribution in [0.25, 0.3) is 0 Å². The molecule has 0 aliphatic heterocycles. The zero-order chi connectivity index (χ0) is 15.2. The predicted molar refractivity (Wildman–Crippen MR) is 96.9 cm³/mol. The molecule has 0 bridgehead atoms. The molecule has 1 rings (SSSR count). The van der Waals surface area contributed by atoms with Gasteiger partial charge in [-0.25, -0.2) is 0 Å². The summed E-state index contributed by atoms with van der Waals surface area (Å²) in [5.41, 5.74) is 0.733. The van der Waals surface area contributed by atoms with E-state index in [2.05, 4.69) is 6.92 Å². The SMILES string of the molecule is C.CC.CCCCCSCCOc1ccc(C(C)=O)cc1. The van der Waals surface area contributed by atoms with Gasteiger partial charge in [0.15, 0.2) is 5.78 Å². The molecule has 0 saturated carbocycles. The van der Waals surface area contributed by atoms with Crippen LogP contribution in [-0.2, 0) is 0 Å². The van der Waals surface area contributed by atoms with Crippen molar-refractivity contribution in [1.82, 2.24) is 0 Å². The fourth-order valence-electron chi connectivity index (χ4n) is 1.56. The van der Waals surface area contributed by atoms with Gasteiger partial charge in [-0.05, 0) is 43.4 Å². The molecule has 3 heteroatoms. The molecule has 0 fully saturated rings. The van der Waals surface area contributed by atoms with E-state index in [-0.39, 0.29) is 13.2 Å². The molecule has 0 unspecified atom stereocenters. The van der Waals surface area contributed by atoms with E-state index in [1.807, 2.05) is 49.9 Å². The quantitative estimate of drug-likeness (QED) is 0.422. The topological polar surface area (TPSA) is 26.3 Å². The molecule has 0 radical (unpaired) electrons. The van der Waals surface area contributed by atoms with Gasteiger partial charge in [-0.15, -0.1) is 0 Å². The molecule has 0 amide bonds. The highest BCUT2D eigenvalue weighted by Crippen LogP contribution is 2.13. The molecule has 0 aromatic heterocycles. The number of rotatable bonds is 9. The molecular weight excluding hydrogens is 280 g/mol. The number of thioether (sulfide) groups is 1. The summed E-state index contributed by atoms with van der Waals surface area (Å²) in [5.74, 6) is 3.18. The second kappa shape index (κ2) is 15.4. The average Bonchev–Trinajstić information content (AvgIpc) is 2.49. The zero-order valence-electron chi connectivity index (χ0n) is 13.3. The van der Waals surface area contributed by atoms with E-state index in [4.69, 9.17) is 4.74 Å². The normalized spacial score (nSPS) is 9.14. The number of Topliss-reactive ketones (excluding diaryl/α,β-unsaturated/α-hetero) is 1. The predicted octanol–water partition coefficient (Wildman–Crippen LogP) is 5.85. The number of benzene rings is 1. The third kappa shape index (κ3) is 11.4. The highest BCUT2D eigenvalue weighted by molar-refractivity contribution is 7.99. The van der Waals surface area contributed by atoms with Gasteiger partial charge in [0, 0.05) is 11.3 Å². The van der Waals surface area contributed by atoms with Crippen LogP contribution in [-0.4, -0.2) is 23.9 Å². The third-order valence-electron chi connectivity index (χ3n) is 2.65. The standard InChI is InChI=1S/C15H22O2S.C2H6.CH4/c1-3-4-5-11-18-12-10-17-15-8-6-14(7-9-15)13(2)16;1-2;/h6-9H,3-5,10-12H2,1-2H3;1-2H3;1H4. The molecule has 0 aliphatic rings. The molecule has 0 saturated heterocycles. The minimum Gasteiger partial charge on any atom is -0.493 e. The zero-order valence-corrected chi connectivity index (χ0v) is 14.1. The van der Waals surface area contributed by atoms with Gasteiger partial charge in [0.1, 0.15) is 5.75 Å². The number of ether oxygens (including phenoxy) is 1. The summed E-state index contributed by atoms with van der Waals surface area (Å²) in [6, 6.07) is 7.34. The Labute approximate surface area is 135 Å². The van der Waals surface area contributed by atoms with Gasteiger partial charge in [0.05, 0.1) is 6.61 Å². The van der Waals surface area contributed by atoms with Gasteiger partial charge >= 0.3 is 0 Å². The highest BCUT2D eigenvalue weighted by atomic mass is 32.2. The van der Waals surface area contributed by atoms with Crippen LogP contribution >= 0.6 is 11.8 Å². The van der Waals surface area contributed by atoms with Crippen LogP contribution in [0.5, 0.6) is 5.75 Å².